The van der Waals surface area contributed by atoms with Gasteiger partial charge in [-0.15, -0.1) is 0 Å². The Hall–Kier alpha value is 0.469. The van der Waals surface area contributed by atoms with Gasteiger partial charge in [0.1, 0.15) is 0 Å². The molecule has 0 N–H and O–H groups in total. The van der Waals surface area contributed by atoms with Gasteiger partial charge in [0.05, 0.1) is 0 Å². The normalized spacial score (nSPS) is 10.8. The van der Waals surface area contributed by atoms with Crippen LogP contribution in [0.3, 0.4) is 0 Å². The van der Waals surface area contributed by atoms with Crippen molar-refractivity contribution in [3.8, 4) is 0 Å². The van der Waals surface area contributed by atoms with E-state index in [0.29, 0.717) is 3.80 Å². The average Bonchev–Trinajstić information content (AvgIpc) is 2.34. The average molecular weight is 359 g/mol. The van der Waals surface area contributed by atoms with Gasteiger partial charge in [0.2, 0.25) is 0 Å². The van der Waals surface area contributed by atoms with Crippen molar-refractivity contribution in [2.75, 3.05) is 0 Å². The van der Waals surface area contributed by atoms with E-state index in [0.717, 1.165) is 35.4 Å². The van der Waals surface area contributed by atoms with E-state index in [1.54, 1.807) is 0 Å². The molecular formula is C16H32OSn. The van der Waals surface area contributed by atoms with Crippen molar-refractivity contribution in [2.45, 2.75) is 96.8 Å². The first kappa shape index (κ1) is 18.5. The molecule has 0 saturated heterocycles. The fourth-order valence-corrected chi connectivity index (χ4v) is 2.90. The van der Waals surface area contributed by atoms with Crippen molar-refractivity contribution < 1.29 is 4.79 Å². The summed E-state index contributed by atoms with van der Waals surface area (Å²) in [5.41, 5.74) is 0. The number of hydrogen-bond donors (Lipinski definition) is 0. The maximum absolute atomic E-state index is 10.8. The zero-order valence-electron chi connectivity index (χ0n) is 12.4. The third-order valence-electron chi connectivity index (χ3n) is 3.53. The summed E-state index contributed by atoms with van der Waals surface area (Å²) >= 11 is 0.812. The molecule has 106 valence electrons. The topological polar surface area (TPSA) is 17.1 Å². The van der Waals surface area contributed by atoms with Crippen LogP contribution >= 0.6 is 0 Å². The molecule has 0 aliphatic heterocycles. The number of unbranched alkanes of at least 4 members (excludes halogenated alkanes) is 12. The molecule has 2 heteroatoms. The second-order valence-corrected chi connectivity index (χ2v) is 7.30. The Labute approximate surface area is 128 Å². The van der Waals surface area contributed by atoms with E-state index in [1.807, 2.05) is 0 Å². The predicted octanol–water partition coefficient (Wildman–Crippen LogP) is 4.90. The fourth-order valence-electron chi connectivity index (χ4n) is 2.32. The van der Waals surface area contributed by atoms with Crippen LogP contribution in [0.2, 0.25) is 0 Å². The first-order valence-corrected chi connectivity index (χ1v) is 9.70. The fraction of sp³-hybridized carbons (Fsp3) is 0.938. The van der Waals surface area contributed by atoms with Gasteiger partial charge in [-0.3, -0.25) is 0 Å². The molecule has 0 fully saturated rings. The van der Waals surface area contributed by atoms with Crippen LogP contribution < -0.4 is 0 Å². The van der Waals surface area contributed by atoms with Gasteiger partial charge in [0.25, 0.3) is 0 Å². The summed E-state index contributed by atoms with van der Waals surface area (Å²) in [6.07, 6.45) is 18.8. The molecule has 0 atom stereocenters. The molecule has 0 spiro atoms. The van der Waals surface area contributed by atoms with E-state index < -0.39 is 0 Å². The molecule has 0 heterocycles. The molecule has 0 rings (SSSR count). The molecule has 0 unspecified atom stereocenters. The molecule has 1 nitrogen and oxygen atoms in total. The Kier molecular flexibility index (Phi) is 15.9. The number of carbonyl (C=O) groups is 1. The van der Waals surface area contributed by atoms with Gasteiger partial charge in [-0.05, 0) is 0 Å². The van der Waals surface area contributed by atoms with E-state index in [2.05, 4.69) is 6.92 Å². The Bertz CT molecular complexity index is 180. The van der Waals surface area contributed by atoms with E-state index >= 15 is 0 Å². The molecule has 0 amide bonds. The molecule has 2 radical (unpaired) electrons. The van der Waals surface area contributed by atoms with Gasteiger partial charge >= 0.3 is 102 Å². The van der Waals surface area contributed by atoms with Crippen LogP contribution in [-0.2, 0) is 4.79 Å². The Morgan fingerprint density at radius 1 is 0.667 bits per heavy atom. The number of carbonyl (C=O) groups excluding carboxylic acids is 1. The monoisotopic (exact) mass is 360 g/mol. The van der Waals surface area contributed by atoms with Gasteiger partial charge in [0, 0.05) is 0 Å². The van der Waals surface area contributed by atoms with Gasteiger partial charge < -0.3 is 0 Å². The number of hydrogen-bond acceptors (Lipinski definition) is 1. The summed E-state index contributed by atoms with van der Waals surface area (Å²) in [6, 6.07) is 0. The van der Waals surface area contributed by atoms with Crippen molar-refractivity contribution in [3.63, 3.8) is 0 Å². The summed E-state index contributed by atoms with van der Waals surface area (Å²) in [7, 11) is 0. The molecular weight excluding hydrogens is 327 g/mol. The second-order valence-electron chi connectivity index (χ2n) is 5.46. The van der Waals surface area contributed by atoms with Crippen LogP contribution in [0.5, 0.6) is 0 Å². The maximum atomic E-state index is 10.8. The zero-order chi connectivity index (χ0) is 13.5. The summed E-state index contributed by atoms with van der Waals surface area (Å²) in [6.45, 7) is 2.28. The van der Waals surface area contributed by atoms with Crippen molar-refractivity contribution in [3.05, 3.63) is 0 Å². The first-order chi connectivity index (χ1) is 8.77. The molecule has 0 aliphatic rings. The quantitative estimate of drug-likeness (QED) is 0.319. The molecule has 0 aromatic carbocycles. The van der Waals surface area contributed by atoms with Crippen LogP contribution in [0.25, 0.3) is 0 Å². The Morgan fingerprint density at radius 2 is 1.00 bits per heavy atom. The standard InChI is InChI=1S/C16H31O.Sn.H/c1-2-3-4-5-6-7-8-9-10-11-12-13-14-15-16-17;;/h2-15H2,1H3;;. The number of rotatable bonds is 14. The van der Waals surface area contributed by atoms with E-state index in [-0.39, 0.29) is 0 Å². The first-order valence-electron chi connectivity index (χ1n) is 8.05. The van der Waals surface area contributed by atoms with E-state index in [1.165, 1.54) is 77.0 Å². The molecule has 0 aliphatic carbocycles. The minimum atomic E-state index is 0.475. The SMILES string of the molecule is CCCCCCCCCCCCCCC[C](=O)[SnH]. The van der Waals surface area contributed by atoms with Crippen LogP contribution in [0.4, 0.5) is 0 Å². The van der Waals surface area contributed by atoms with Crippen LogP contribution in [0.15, 0.2) is 0 Å². The van der Waals surface area contributed by atoms with Crippen LogP contribution in [-0.4, -0.2) is 26.3 Å². The van der Waals surface area contributed by atoms with Crippen molar-refractivity contribution in [2.24, 2.45) is 0 Å². The summed E-state index contributed by atoms with van der Waals surface area (Å²) < 4.78 is 0.475. The second kappa shape index (κ2) is 15.5. The van der Waals surface area contributed by atoms with Gasteiger partial charge in [-0.2, -0.15) is 0 Å². The third-order valence-corrected chi connectivity index (χ3v) is 4.35. The van der Waals surface area contributed by atoms with Crippen LogP contribution in [0.1, 0.15) is 96.8 Å². The Morgan fingerprint density at radius 3 is 1.33 bits per heavy atom. The molecule has 0 aromatic rings. The van der Waals surface area contributed by atoms with Crippen molar-refractivity contribution >= 4 is 26.3 Å². The summed E-state index contributed by atoms with van der Waals surface area (Å²) in [4.78, 5) is 10.8. The molecule has 0 bridgehead atoms. The predicted molar refractivity (Wildman–Crippen MR) is 82.5 cm³/mol. The van der Waals surface area contributed by atoms with Crippen molar-refractivity contribution in [1.82, 2.24) is 0 Å². The summed E-state index contributed by atoms with van der Waals surface area (Å²) in [5.74, 6) is 0. The molecule has 18 heavy (non-hydrogen) atoms. The molecule has 0 aromatic heterocycles. The Balaban J connectivity index is 2.92. The molecule has 0 saturated carbocycles. The minimum absolute atomic E-state index is 0.475. The van der Waals surface area contributed by atoms with E-state index in [4.69, 9.17) is 0 Å². The van der Waals surface area contributed by atoms with Crippen LogP contribution in [0, 0.1) is 0 Å². The van der Waals surface area contributed by atoms with Gasteiger partial charge in [-0.25, -0.2) is 0 Å². The third kappa shape index (κ3) is 16.5. The van der Waals surface area contributed by atoms with E-state index in [9.17, 15) is 4.79 Å². The zero-order valence-corrected chi connectivity index (χ0v) is 15.7. The van der Waals surface area contributed by atoms with Gasteiger partial charge in [0.15, 0.2) is 0 Å². The van der Waals surface area contributed by atoms with Gasteiger partial charge in [-0.1, -0.05) is 26.2 Å². The van der Waals surface area contributed by atoms with Crippen molar-refractivity contribution in [1.29, 1.82) is 0 Å². The summed E-state index contributed by atoms with van der Waals surface area (Å²) in [5, 5.41) is 0.